The number of allylic oxidation sites excluding steroid dienone is 1. The van der Waals surface area contributed by atoms with Gasteiger partial charge < -0.3 is 10.3 Å². The lowest BCUT2D eigenvalue weighted by atomic mass is 10.0. The Morgan fingerprint density at radius 1 is 1.21 bits per heavy atom. The molecule has 0 aliphatic carbocycles. The van der Waals surface area contributed by atoms with E-state index in [9.17, 15) is 12.8 Å². The summed E-state index contributed by atoms with van der Waals surface area (Å²) in [6.45, 7) is 5.96. The van der Waals surface area contributed by atoms with Crippen molar-refractivity contribution in [1.82, 2.24) is 9.55 Å². The summed E-state index contributed by atoms with van der Waals surface area (Å²) in [4.78, 5) is 4.43. The van der Waals surface area contributed by atoms with E-state index in [2.05, 4.69) is 9.71 Å². The molecule has 2 aromatic heterocycles. The molecule has 0 saturated heterocycles. The summed E-state index contributed by atoms with van der Waals surface area (Å²) in [5.74, 6) is -0.320. The number of fused-ring (bicyclic) bond motifs is 1. The molecule has 0 aliphatic heterocycles. The summed E-state index contributed by atoms with van der Waals surface area (Å²) in [5.41, 5.74) is 11.2. The smallest absolute Gasteiger partial charge is 0.229 e. The molecule has 0 atom stereocenters. The number of aryl methyl sites for hydroxylation is 2. The molecule has 3 N–H and O–H groups in total. The van der Waals surface area contributed by atoms with Gasteiger partial charge in [-0.1, -0.05) is 0 Å². The minimum atomic E-state index is -3.42. The van der Waals surface area contributed by atoms with Gasteiger partial charge in [-0.25, -0.2) is 12.8 Å². The molecule has 0 fully saturated rings. The normalized spacial score (nSPS) is 12.6. The molecule has 0 bridgehead atoms. The molecule has 154 valence electrons. The van der Waals surface area contributed by atoms with E-state index in [4.69, 9.17) is 5.73 Å². The van der Waals surface area contributed by atoms with Gasteiger partial charge in [-0.3, -0.25) is 9.71 Å². The quantitative estimate of drug-likeness (QED) is 0.639. The zero-order chi connectivity index (χ0) is 21.3. The van der Waals surface area contributed by atoms with Gasteiger partial charge in [0.05, 0.1) is 12.8 Å². The Hall–Kier alpha value is -2.71. The second kappa shape index (κ2) is 7.96. The molecule has 3 rings (SSSR count). The van der Waals surface area contributed by atoms with Crippen molar-refractivity contribution < 1.29 is 12.8 Å². The molecule has 1 aromatic carbocycles. The first-order chi connectivity index (χ1) is 13.6. The van der Waals surface area contributed by atoms with Crippen LogP contribution in [0.5, 0.6) is 0 Å². The van der Waals surface area contributed by atoms with Crippen LogP contribution in [-0.4, -0.2) is 30.8 Å². The van der Waals surface area contributed by atoms with E-state index >= 15 is 0 Å². The third-order valence-electron chi connectivity index (χ3n) is 4.65. The summed E-state index contributed by atoms with van der Waals surface area (Å²) in [5, 5.41) is 0.835. The Kier molecular flexibility index (Phi) is 5.77. The number of hydrogen-bond acceptors (Lipinski definition) is 4. The summed E-state index contributed by atoms with van der Waals surface area (Å²) in [6, 6.07) is 9.21. The van der Waals surface area contributed by atoms with Gasteiger partial charge in [0.15, 0.2) is 0 Å². The van der Waals surface area contributed by atoms with E-state index in [1.54, 1.807) is 18.2 Å². The second-order valence-electron chi connectivity index (χ2n) is 7.18. The van der Waals surface area contributed by atoms with Crippen molar-refractivity contribution in [3.05, 3.63) is 59.3 Å². The maximum absolute atomic E-state index is 14.3. The van der Waals surface area contributed by atoms with Crippen LogP contribution in [0.1, 0.15) is 17.1 Å². The molecule has 6 nitrogen and oxygen atoms in total. The second-order valence-corrected chi connectivity index (χ2v) is 8.93. The minimum absolute atomic E-state index is 0.0570. The molecule has 29 heavy (non-hydrogen) atoms. The number of halogens is 1. The molecular formula is C21H25FN4O2S. The summed E-state index contributed by atoms with van der Waals surface area (Å²) < 4.78 is 42.0. The number of nitrogens with two attached hydrogens (primary N) is 1. The molecule has 2 heterocycles. The van der Waals surface area contributed by atoms with Gasteiger partial charge >= 0.3 is 0 Å². The molecule has 0 unspecified atom stereocenters. The molecule has 8 heteroatoms. The first kappa shape index (κ1) is 21.0. The number of sulfonamides is 1. The van der Waals surface area contributed by atoms with Crippen molar-refractivity contribution in [2.75, 3.05) is 17.5 Å². The fourth-order valence-corrected chi connectivity index (χ4v) is 4.21. The van der Waals surface area contributed by atoms with Crippen LogP contribution in [0.3, 0.4) is 0 Å². The highest BCUT2D eigenvalue weighted by atomic mass is 32.2. The molecule has 0 aliphatic rings. The minimum Gasteiger partial charge on any atom is -0.337 e. The number of hydrogen-bond donors (Lipinski definition) is 2. The Morgan fingerprint density at radius 2 is 1.86 bits per heavy atom. The predicted molar refractivity (Wildman–Crippen MR) is 116 cm³/mol. The van der Waals surface area contributed by atoms with Crippen LogP contribution in [0, 0.1) is 20.8 Å². The van der Waals surface area contributed by atoms with Gasteiger partial charge in [-0.2, -0.15) is 0 Å². The number of rotatable bonds is 6. The van der Waals surface area contributed by atoms with Crippen molar-refractivity contribution in [2.24, 2.45) is 5.73 Å². The van der Waals surface area contributed by atoms with Crippen molar-refractivity contribution in [3.63, 3.8) is 0 Å². The zero-order valence-corrected chi connectivity index (χ0v) is 17.8. The van der Waals surface area contributed by atoms with Crippen LogP contribution >= 0.6 is 0 Å². The highest BCUT2D eigenvalue weighted by Crippen LogP contribution is 2.37. The van der Waals surface area contributed by atoms with E-state index in [0.717, 1.165) is 45.4 Å². The van der Waals surface area contributed by atoms with Crippen LogP contribution in [-0.2, 0) is 16.6 Å². The van der Waals surface area contributed by atoms with Crippen molar-refractivity contribution >= 4 is 26.6 Å². The van der Waals surface area contributed by atoms with Gasteiger partial charge in [0, 0.05) is 45.8 Å². The SMILES string of the molecule is Cc1cc(-c2c(C)n(C/C(F)=C/CN)c3ccc(NS(C)(=O)=O)cc23)cc(C)n1. The van der Waals surface area contributed by atoms with Crippen LogP contribution in [0.4, 0.5) is 10.1 Å². The maximum atomic E-state index is 14.3. The van der Waals surface area contributed by atoms with E-state index in [1.165, 1.54) is 6.08 Å². The number of anilines is 1. The number of nitrogens with one attached hydrogen (secondary N) is 1. The highest BCUT2D eigenvalue weighted by molar-refractivity contribution is 7.92. The average molecular weight is 417 g/mol. The molecule has 0 saturated carbocycles. The van der Waals surface area contributed by atoms with E-state index in [1.807, 2.05) is 37.5 Å². The number of aromatic nitrogens is 2. The van der Waals surface area contributed by atoms with Gasteiger partial charge in [0.2, 0.25) is 10.0 Å². The third-order valence-corrected chi connectivity index (χ3v) is 5.25. The van der Waals surface area contributed by atoms with Crippen LogP contribution in [0.15, 0.2) is 42.2 Å². The van der Waals surface area contributed by atoms with Crippen LogP contribution < -0.4 is 10.5 Å². The number of nitrogens with zero attached hydrogens (tertiary/aromatic N) is 2. The van der Waals surface area contributed by atoms with Gasteiger partial charge in [0.25, 0.3) is 0 Å². The Balaban J connectivity index is 2.30. The van der Waals surface area contributed by atoms with E-state index < -0.39 is 10.0 Å². The zero-order valence-electron chi connectivity index (χ0n) is 17.0. The Bertz CT molecular complexity index is 1190. The summed E-state index contributed by atoms with van der Waals surface area (Å²) in [7, 11) is -3.42. The first-order valence-corrected chi connectivity index (χ1v) is 11.1. The number of pyridine rings is 1. The predicted octanol–water partition coefficient (Wildman–Crippen LogP) is 3.81. The topological polar surface area (TPSA) is 90.0 Å². The molecule has 0 spiro atoms. The Morgan fingerprint density at radius 3 is 2.45 bits per heavy atom. The van der Waals surface area contributed by atoms with Crippen molar-refractivity contribution in [1.29, 1.82) is 0 Å². The molecule has 0 amide bonds. The van der Waals surface area contributed by atoms with E-state index in [0.29, 0.717) is 5.69 Å². The average Bonchev–Trinajstić information content (AvgIpc) is 2.84. The van der Waals surface area contributed by atoms with Crippen LogP contribution in [0.25, 0.3) is 22.0 Å². The lowest BCUT2D eigenvalue weighted by Crippen LogP contribution is -2.09. The van der Waals surface area contributed by atoms with Gasteiger partial charge in [0.1, 0.15) is 5.83 Å². The van der Waals surface area contributed by atoms with Gasteiger partial charge in [-0.15, -0.1) is 0 Å². The lowest BCUT2D eigenvalue weighted by Gasteiger charge is -2.08. The first-order valence-electron chi connectivity index (χ1n) is 9.20. The highest BCUT2D eigenvalue weighted by Gasteiger charge is 2.18. The standard InChI is InChI=1S/C21H25FN4O2S/c1-13-9-16(10-14(2)24-13)21-15(3)26(12-17(22)7-8-23)20-6-5-18(11-19(20)21)25-29(4,27)28/h5-7,9-11,25H,8,12,23H2,1-4H3/b17-7-. The van der Waals surface area contributed by atoms with Crippen molar-refractivity contribution in [2.45, 2.75) is 27.3 Å². The third kappa shape index (κ3) is 4.65. The number of benzene rings is 1. The molecular weight excluding hydrogens is 391 g/mol. The van der Waals surface area contributed by atoms with Crippen molar-refractivity contribution in [3.8, 4) is 11.1 Å². The fourth-order valence-electron chi connectivity index (χ4n) is 3.65. The Labute approximate surface area is 170 Å². The lowest BCUT2D eigenvalue weighted by molar-refractivity contribution is 0.555. The fraction of sp³-hybridized carbons (Fsp3) is 0.286. The van der Waals surface area contributed by atoms with E-state index in [-0.39, 0.29) is 18.9 Å². The largest absolute Gasteiger partial charge is 0.337 e. The van der Waals surface area contributed by atoms with Crippen LogP contribution in [0.2, 0.25) is 0 Å². The summed E-state index contributed by atoms with van der Waals surface area (Å²) >= 11 is 0. The summed E-state index contributed by atoms with van der Waals surface area (Å²) in [6.07, 6.45) is 2.46. The maximum Gasteiger partial charge on any atom is 0.229 e. The molecule has 3 aromatic rings. The van der Waals surface area contributed by atoms with Gasteiger partial charge in [-0.05, 0) is 62.7 Å². The monoisotopic (exact) mass is 416 g/mol. The molecule has 0 radical (unpaired) electrons.